The van der Waals surface area contributed by atoms with E-state index in [9.17, 15) is 27.5 Å². The lowest BCUT2D eigenvalue weighted by Crippen LogP contribution is -2.39. The largest absolute Gasteiger partial charge is 0.416 e. The first kappa shape index (κ1) is 27.0. The lowest BCUT2D eigenvalue weighted by Gasteiger charge is -2.38. The van der Waals surface area contributed by atoms with Crippen LogP contribution in [0.4, 0.5) is 34.6 Å². The summed E-state index contributed by atoms with van der Waals surface area (Å²) in [5, 5.41) is 16.5. The van der Waals surface area contributed by atoms with Crippen molar-refractivity contribution in [2.75, 3.05) is 22.6 Å². The van der Waals surface area contributed by atoms with Gasteiger partial charge in [-0.25, -0.2) is 4.39 Å². The SMILES string of the molecule is CC1Nc2cc(-c3ccc(C4CC(O)CC(C(=O)Nc5ccc(C(F)(F)F)cc5F)[C@@H]4C)cc3)ccc2N1C. The monoisotopic (exact) mass is 541 g/mol. The Morgan fingerprint density at radius 1 is 1.00 bits per heavy atom. The molecule has 0 radical (unpaired) electrons. The fourth-order valence-corrected chi connectivity index (χ4v) is 5.79. The summed E-state index contributed by atoms with van der Waals surface area (Å²) < 4.78 is 52.9. The topological polar surface area (TPSA) is 64.6 Å². The number of benzene rings is 3. The van der Waals surface area contributed by atoms with Gasteiger partial charge >= 0.3 is 6.18 Å². The van der Waals surface area contributed by atoms with Crippen molar-refractivity contribution in [1.29, 1.82) is 0 Å². The third kappa shape index (κ3) is 5.32. The molecular formula is C30H31F4N3O2. The van der Waals surface area contributed by atoms with Gasteiger partial charge in [-0.1, -0.05) is 37.3 Å². The molecular weight excluding hydrogens is 510 g/mol. The Hall–Kier alpha value is -3.59. The van der Waals surface area contributed by atoms with E-state index in [-0.39, 0.29) is 30.1 Å². The number of hydrogen-bond acceptors (Lipinski definition) is 4. The maximum Gasteiger partial charge on any atom is 0.416 e. The van der Waals surface area contributed by atoms with E-state index in [1.165, 1.54) is 0 Å². The van der Waals surface area contributed by atoms with Gasteiger partial charge in [0.25, 0.3) is 0 Å². The summed E-state index contributed by atoms with van der Waals surface area (Å²) in [5.41, 5.74) is 3.88. The predicted octanol–water partition coefficient (Wildman–Crippen LogP) is 6.85. The summed E-state index contributed by atoms with van der Waals surface area (Å²) in [4.78, 5) is 15.3. The first-order valence-corrected chi connectivity index (χ1v) is 13.0. The van der Waals surface area contributed by atoms with E-state index in [0.717, 1.165) is 40.2 Å². The summed E-state index contributed by atoms with van der Waals surface area (Å²) in [6.07, 6.45) is -4.52. The van der Waals surface area contributed by atoms with Crippen LogP contribution < -0.4 is 15.5 Å². The van der Waals surface area contributed by atoms with Gasteiger partial charge in [-0.15, -0.1) is 0 Å². The molecule has 1 amide bonds. The van der Waals surface area contributed by atoms with Crippen LogP contribution in [0.15, 0.2) is 60.7 Å². The molecule has 4 unspecified atom stereocenters. The number of rotatable bonds is 4. The fourth-order valence-electron chi connectivity index (χ4n) is 5.79. The highest BCUT2D eigenvalue weighted by molar-refractivity contribution is 5.93. The zero-order valence-corrected chi connectivity index (χ0v) is 21.9. The highest BCUT2D eigenvalue weighted by Gasteiger charge is 2.39. The Balaban J connectivity index is 1.31. The van der Waals surface area contributed by atoms with E-state index in [2.05, 4.69) is 40.7 Å². The van der Waals surface area contributed by atoms with Crippen molar-refractivity contribution in [3.05, 3.63) is 77.6 Å². The number of alkyl halides is 3. The molecule has 5 nitrogen and oxygen atoms in total. The van der Waals surface area contributed by atoms with Crippen molar-refractivity contribution < 1.29 is 27.5 Å². The van der Waals surface area contributed by atoms with Gasteiger partial charge < -0.3 is 20.6 Å². The van der Waals surface area contributed by atoms with E-state index in [0.29, 0.717) is 12.5 Å². The number of carbonyl (C=O) groups excluding carboxylic acids is 1. The van der Waals surface area contributed by atoms with Crippen molar-refractivity contribution >= 4 is 23.0 Å². The second-order valence-corrected chi connectivity index (χ2v) is 10.7. The molecule has 1 aliphatic carbocycles. The van der Waals surface area contributed by atoms with Crippen LogP contribution >= 0.6 is 0 Å². The number of anilines is 3. The summed E-state index contributed by atoms with van der Waals surface area (Å²) in [6, 6.07) is 16.4. The Labute approximate surface area is 224 Å². The van der Waals surface area contributed by atoms with Crippen LogP contribution in [0, 0.1) is 17.7 Å². The highest BCUT2D eigenvalue weighted by atomic mass is 19.4. The van der Waals surface area contributed by atoms with Crippen molar-refractivity contribution in [2.24, 2.45) is 11.8 Å². The first-order valence-electron chi connectivity index (χ1n) is 13.0. The molecule has 0 bridgehead atoms. The van der Waals surface area contributed by atoms with Crippen LogP contribution in [-0.4, -0.2) is 30.3 Å². The minimum absolute atomic E-state index is 0.118. The normalized spacial score (nSPS) is 24.7. The summed E-state index contributed by atoms with van der Waals surface area (Å²) >= 11 is 0. The first-order chi connectivity index (χ1) is 18.4. The third-order valence-electron chi connectivity index (χ3n) is 8.21. The molecule has 0 spiro atoms. The number of amides is 1. The zero-order valence-electron chi connectivity index (χ0n) is 21.9. The standard InChI is InChI=1S/C30H31F4N3O2/c1-16-23(19-6-4-18(5-7-19)20-8-11-28-27(12-20)35-17(2)37(28)3)14-22(38)15-24(16)29(39)36-26-10-9-21(13-25(26)31)30(32,33)34/h4-13,16-17,22-24,35,38H,14-15H2,1-3H3,(H,36,39)/t16-,17?,22?,23?,24?/m1/s1. The molecule has 5 rings (SSSR count). The molecule has 3 N–H and O–H groups in total. The maximum atomic E-state index is 14.3. The molecule has 0 aromatic heterocycles. The van der Waals surface area contributed by atoms with Crippen LogP contribution in [0.1, 0.15) is 43.7 Å². The second-order valence-electron chi connectivity index (χ2n) is 10.7. The molecule has 0 saturated heterocycles. The minimum Gasteiger partial charge on any atom is -0.393 e. The maximum absolute atomic E-state index is 14.3. The smallest absolute Gasteiger partial charge is 0.393 e. The van der Waals surface area contributed by atoms with Gasteiger partial charge in [0.15, 0.2) is 0 Å². The Kier molecular flexibility index (Phi) is 7.05. The molecule has 1 heterocycles. The molecule has 3 aromatic rings. The minimum atomic E-state index is -4.68. The quantitative estimate of drug-likeness (QED) is 0.316. The van der Waals surface area contributed by atoms with E-state index in [1.54, 1.807) is 0 Å². The molecule has 206 valence electrons. The number of hydrogen-bond donors (Lipinski definition) is 3. The van der Waals surface area contributed by atoms with Gasteiger partial charge in [0.1, 0.15) is 5.82 Å². The molecule has 1 aliphatic heterocycles. The van der Waals surface area contributed by atoms with Crippen molar-refractivity contribution in [3.8, 4) is 11.1 Å². The zero-order chi connectivity index (χ0) is 28.1. The number of halogens is 4. The van der Waals surface area contributed by atoms with Crippen LogP contribution in [0.3, 0.4) is 0 Å². The lowest BCUT2D eigenvalue weighted by atomic mass is 9.68. The summed E-state index contributed by atoms with van der Waals surface area (Å²) in [6.45, 7) is 4.02. The molecule has 1 fully saturated rings. The highest BCUT2D eigenvalue weighted by Crippen LogP contribution is 2.43. The average Bonchev–Trinajstić information content (AvgIpc) is 3.18. The number of fused-ring (bicyclic) bond motifs is 1. The van der Waals surface area contributed by atoms with E-state index in [4.69, 9.17) is 0 Å². The lowest BCUT2D eigenvalue weighted by molar-refractivity contribution is -0.137. The summed E-state index contributed by atoms with van der Waals surface area (Å²) in [5.74, 6) is -2.62. The molecule has 39 heavy (non-hydrogen) atoms. The van der Waals surface area contributed by atoms with Crippen molar-refractivity contribution in [2.45, 2.75) is 51.1 Å². The summed E-state index contributed by atoms with van der Waals surface area (Å²) in [7, 11) is 2.05. The second kappa shape index (κ2) is 10.2. The average molecular weight is 542 g/mol. The Bertz CT molecular complexity index is 1380. The number of aliphatic hydroxyl groups is 1. The van der Waals surface area contributed by atoms with E-state index < -0.39 is 35.5 Å². The van der Waals surface area contributed by atoms with Crippen LogP contribution in [-0.2, 0) is 11.0 Å². The molecule has 3 aromatic carbocycles. The predicted molar refractivity (Wildman–Crippen MR) is 144 cm³/mol. The fraction of sp³-hybridized carbons (Fsp3) is 0.367. The number of nitrogens with one attached hydrogen (secondary N) is 2. The van der Waals surface area contributed by atoms with Crippen molar-refractivity contribution in [3.63, 3.8) is 0 Å². The van der Waals surface area contributed by atoms with Crippen LogP contribution in [0.25, 0.3) is 11.1 Å². The van der Waals surface area contributed by atoms with Gasteiger partial charge in [0.05, 0.1) is 34.9 Å². The number of nitrogens with zero attached hydrogens (tertiary/aromatic N) is 1. The number of aliphatic hydroxyl groups excluding tert-OH is 1. The van der Waals surface area contributed by atoms with Crippen molar-refractivity contribution in [1.82, 2.24) is 0 Å². The molecule has 9 heteroatoms. The van der Waals surface area contributed by atoms with Gasteiger partial charge in [-0.05, 0) is 78.6 Å². The van der Waals surface area contributed by atoms with Gasteiger partial charge in [0.2, 0.25) is 5.91 Å². The number of carbonyl (C=O) groups is 1. The van der Waals surface area contributed by atoms with Crippen LogP contribution in [0.5, 0.6) is 0 Å². The van der Waals surface area contributed by atoms with Gasteiger partial charge in [-0.2, -0.15) is 13.2 Å². The molecule has 5 atom stereocenters. The van der Waals surface area contributed by atoms with E-state index >= 15 is 0 Å². The van der Waals surface area contributed by atoms with Crippen LogP contribution in [0.2, 0.25) is 0 Å². The van der Waals surface area contributed by atoms with Gasteiger partial charge in [0, 0.05) is 13.0 Å². The molecule has 1 saturated carbocycles. The van der Waals surface area contributed by atoms with E-state index in [1.807, 2.05) is 38.2 Å². The van der Waals surface area contributed by atoms with Gasteiger partial charge in [-0.3, -0.25) is 4.79 Å². The Morgan fingerprint density at radius 2 is 1.69 bits per heavy atom. The third-order valence-corrected chi connectivity index (χ3v) is 8.21. The Morgan fingerprint density at radius 3 is 2.36 bits per heavy atom. The molecule has 2 aliphatic rings.